The Morgan fingerprint density at radius 3 is 1.12 bits per heavy atom. The van der Waals surface area contributed by atoms with Crippen molar-refractivity contribution in [1.82, 2.24) is 15.0 Å². The first-order chi connectivity index (χ1) is 39.5. The summed E-state index contributed by atoms with van der Waals surface area (Å²) in [7, 11) is -10.1. The van der Waals surface area contributed by atoms with E-state index < -0.39 is 35.1 Å². The van der Waals surface area contributed by atoms with Gasteiger partial charge in [0.15, 0.2) is 46.9 Å². The predicted octanol–water partition coefficient (Wildman–Crippen LogP) is 13.1. The Kier molecular flexibility index (Phi) is 22.9. The van der Waals surface area contributed by atoms with Gasteiger partial charge in [-0.2, -0.15) is 9.59 Å². The molecule has 436 valence electrons. The fraction of sp³-hybridized carbons (Fsp3) is 0.183. The van der Waals surface area contributed by atoms with E-state index >= 15 is 0 Å². The van der Waals surface area contributed by atoms with Gasteiger partial charge < -0.3 is 5.11 Å². The Balaban J connectivity index is 0.000000198. The maximum absolute atomic E-state index is 12.6. The summed E-state index contributed by atoms with van der Waals surface area (Å²) in [4.78, 5) is 67.4. The first-order valence-corrected chi connectivity index (χ1v) is 34.4. The number of carbonyl (C=O) groups excluding carboxylic acids is 5. The molecule has 0 aliphatic carbocycles. The zero-order chi connectivity index (χ0) is 61.7. The average Bonchev–Trinajstić information content (AvgIpc) is 3.79. The van der Waals surface area contributed by atoms with Crippen molar-refractivity contribution in [2.24, 2.45) is 0 Å². The van der Waals surface area contributed by atoms with Gasteiger partial charge in [-0.1, -0.05) is 115 Å². The highest BCUT2D eigenvalue weighted by molar-refractivity contribution is 7.91. The Bertz CT molecular complexity index is 4210. The standard InChI is InChI=1S/C21H20ClNO4S2.C20H18ClNO3S2.C18H14ClNO3S2.CO2/c1-21(2,25)20-23-18(12-28-20)14-6-4-13(5-7-14)10-19(24)16-9-8-15(11-17(16)22)29(3,26)27;1-3-20-22-18(12-26-20)14-6-4-13(5-7-14)10-19(23)16-9-8-15(11-17(16)21)27(2,24)25;1-25(22,23)14-6-7-15(16(19)9-14)18(21)8-12-2-4-13(5-3-12)17-10-24-11-20-17;2-1-3/h4-9,11-12,25H,10H2,1-3H3;4-9,11-12H,3,10H2,1-2H3;2-7,9-11H,8H2,1H3;. The van der Waals surface area contributed by atoms with Crippen LogP contribution in [0, 0.1) is 0 Å². The summed E-state index contributed by atoms with van der Waals surface area (Å²) < 4.78 is 69.4. The van der Waals surface area contributed by atoms with Crippen LogP contribution in [0.1, 0.15) is 78.6 Å². The van der Waals surface area contributed by atoms with Gasteiger partial charge >= 0.3 is 6.15 Å². The molecule has 84 heavy (non-hydrogen) atoms. The van der Waals surface area contributed by atoms with E-state index in [1.54, 1.807) is 30.7 Å². The van der Waals surface area contributed by atoms with Crippen molar-refractivity contribution in [3.63, 3.8) is 0 Å². The van der Waals surface area contributed by atoms with Crippen molar-refractivity contribution in [3.05, 3.63) is 208 Å². The van der Waals surface area contributed by atoms with Gasteiger partial charge in [0, 0.05) is 87.6 Å². The molecule has 0 saturated heterocycles. The molecule has 0 aliphatic rings. The SMILES string of the molecule is CC(C)(O)c1nc(-c2ccc(CC(=O)c3ccc(S(C)(=O)=O)cc3Cl)cc2)cs1.CCc1nc(-c2ccc(CC(=O)c3ccc(S(C)(=O)=O)cc3Cl)cc2)cs1.CS(=O)(=O)c1ccc(C(=O)Cc2ccc(-c3cscn3)cc2)c(Cl)c1.O=C=O. The van der Waals surface area contributed by atoms with E-state index in [0.29, 0.717) is 16.1 Å². The third-order valence-electron chi connectivity index (χ3n) is 12.2. The van der Waals surface area contributed by atoms with Gasteiger partial charge in [-0.25, -0.2) is 40.2 Å². The molecule has 0 amide bonds. The molecule has 6 aromatic carbocycles. The van der Waals surface area contributed by atoms with E-state index in [-0.39, 0.29) is 78.1 Å². The van der Waals surface area contributed by atoms with Crippen molar-refractivity contribution in [2.75, 3.05) is 18.8 Å². The Hall–Kier alpha value is -6.72. The number of rotatable bonds is 17. The number of hydrogen-bond acceptors (Lipinski definition) is 18. The van der Waals surface area contributed by atoms with Crippen LogP contribution in [0.15, 0.2) is 164 Å². The van der Waals surface area contributed by atoms with Gasteiger partial charge in [0.1, 0.15) is 10.6 Å². The van der Waals surface area contributed by atoms with Gasteiger partial charge in [-0.05, 0) is 91.6 Å². The van der Waals surface area contributed by atoms with E-state index in [0.717, 1.165) is 80.7 Å². The zero-order valence-corrected chi connectivity index (χ0v) is 52.8. The Labute approximate surface area is 513 Å². The lowest BCUT2D eigenvalue weighted by molar-refractivity contribution is -0.191. The number of benzene rings is 6. The van der Waals surface area contributed by atoms with Gasteiger partial charge in [0.25, 0.3) is 0 Å². The number of sulfone groups is 3. The highest BCUT2D eigenvalue weighted by Crippen LogP contribution is 2.31. The number of carbonyl (C=O) groups is 3. The van der Waals surface area contributed by atoms with Gasteiger partial charge in [0.05, 0.1) is 57.4 Å². The van der Waals surface area contributed by atoms with Crippen LogP contribution in [-0.4, -0.2) is 87.6 Å². The number of hydrogen-bond donors (Lipinski definition) is 1. The normalized spacial score (nSPS) is 11.4. The summed E-state index contributed by atoms with van der Waals surface area (Å²) in [5.74, 6) is -0.512. The lowest BCUT2D eigenvalue weighted by Crippen LogP contribution is -2.14. The average molecular weight is 1310 g/mol. The van der Waals surface area contributed by atoms with Crippen LogP contribution >= 0.6 is 68.8 Å². The van der Waals surface area contributed by atoms with Gasteiger partial charge in [-0.15, -0.1) is 34.0 Å². The summed E-state index contributed by atoms with van der Waals surface area (Å²) in [5.41, 5.74) is 9.74. The first kappa shape index (κ1) is 66.4. The number of ketones is 3. The second kappa shape index (κ2) is 28.9. The van der Waals surface area contributed by atoms with Crippen molar-refractivity contribution in [1.29, 1.82) is 0 Å². The molecule has 15 nitrogen and oxygen atoms in total. The second-order valence-corrected chi connectivity index (χ2v) is 29.0. The predicted molar refractivity (Wildman–Crippen MR) is 330 cm³/mol. The molecule has 3 heterocycles. The highest BCUT2D eigenvalue weighted by atomic mass is 35.5. The quantitative estimate of drug-likeness (QED) is 0.0833. The van der Waals surface area contributed by atoms with Gasteiger partial charge in [0.2, 0.25) is 0 Å². The third-order valence-corrected chi connectivity index (χ3v) is 19.2. The molecule has 0 bridgehead atoms. The summed E-state index contributed by atoms with van der Waals surface area (Å²) in [5, 5.41) is 18.1. The number of aryl methyl sites for hydroxylation is 1. The smallest absolute Gasteiger partial charge is 0.373 e. The van der Waals surface area contributed by atoms with Crippen LogP contribution in [-0.2, 0) is 70.4 Å². The van der Waals surface area contributed by atoms with Crippen LogP contribution in [0.4, 0.5) is 0 Å². The topological polar surface area (TPSA) is 247 Å². The largest absolute Gasteiger partial charge is 0.383 e. The van der Waals surface area contributed by atoms with E-state index in [9.17, 15) is 44.7 Å². The Morgan fingerprint density at radius 2 is 0.845 bits per heavy atom. The Morgan fingerprint density at radius 1 is 0.512 bits per heavy atom. The van der Waals surface area contributed by atoms with E-state index in [2.05, 4.69) is 21.9 Å². The van der Waals surface area contributed by atoms with Crippen LogP contribution < -0.4 is 0 Å². The minimum Gasteiger partial charge on any atom is -0.383 e. The highest BCUT2D eigenvalue weighted by Gasteiger charge is 2.22. The number of nitrogens with zero attached hydrogens (tertiary/aromatic N) is 3. The molecule has 3 aromatic heterocycles. The van der Waals surface area contributed by atoms with E-state index in [4.69, 9.17) is 44.4 Å². The molecule has 0 saturated carbocycles. The van der Waals surface area contributed by atoms with Crippen LogP contribution in [0.2, 0.25) is 15.1 Å². The number of halogens is 3. The van der Waals surface area contributed by atoms with Crippen molar-refractivity contribution in [3.8, 4) is 33.8 Å². The number of aromatic nitrogens is 3. The monoisotopic (exact) mass is 1300 g/mol. The molecule has 0 aliphatic heterocycles. The lowest BCUT2D eigenvalue weighted by Gasteiger charge is -2.12. The molecule has 1 N–H and O–H groups in total. The van der Waals surface area contributed by atoms with E-state index in [1.165, 1.54) is 77.3 Å². The number of thiazole rings is 3. The van der Waals surface area contributed by atoms with Gasteiger partial charge in [-0.3, -0.25) is 14.4 Å². The molecular weight excluding hydrogens is 1250 g/mol. The minimum atomic E-state index is -3.38. The molecular formula is C60H52Cl3N3O12S6. The second-order valence-electron chi connectivity index (χ2n) is 19.2. The maximum atomic E-state index is 12.6. The molecule has 0 fully saturated rings. The summed E-state index contributed by atoms with van der Waals surface area (Å²) in [6.45, 7) is 5.46. The van der Waals surface area contributed by atoms with Crippen molar-refractivity contribution >= 4 is 122 Å². The first-order valence-electron chi connectivity index (χ1n) is 24.9. The maximum Gasteiger partial charge on any atom is 0.373 e. The fourth-order valence-corrected chi connectivity index (χ4v) is 12.9. The fourth-order valence-electron chi connectivity index (χ4n) is 7.73. The number of Topliss-reactive ketones (excluding diaryl/α,β-unsaturated/α-hetero) is 3. The third kappa shape index (κ3) is 18.6. The lowest BCUT2D eigenvalue weighted by atomic mass is 10.0. The summed E-state index contributed by atoms with van der Waals surface area (Å²) in [6.07, 6.45) is 4.98. The van der Waals surface area contributed by atoms with Crippen LogP contribution in [0.25, 0.3) is 33.8 Å². The molecule has 9 aromatic rings. The molecule has 24 heteroatoms. The van der Waals surface area contributed by atoms with Crippen molar-refractivity contribution in [2.45, 2.75) is 66.7 Å². The molecule has 9 rings (SSSR count). The molecule has 0 atom stereocenters. The molecule has 0 radical (unpaired) electrons. The molecule has 0 unspecified atom stereocenters. The van der Waals surface area contributed by atoms with Crippen molar-refractivity contribution < 1.29 is 54.3 Å². The minimum absolute atomic E-state index is 0.0806. The zero-order valence-electron chi connectivity index (χ0n) is 45.6. The molecule has 0 spiro atoms. The number of aliphatic hydroxyl groups is 1. The van der Waals surface area contributed by atoms with Crippen LogP contribution in [0.5, 0.6) is 0 Å². The summed E-state index contributed by atoms with van der Waals surface area (Å²) >= 11 is 22.9. The summed E-state index contributed by atoms with van der Waals surface area (Å²) in [6, 6.07) is 35.3. The van der Waals surface area contributed by atoms with E-state index in [1.807, 2.05) is 88.9 Å². The van der Waals surface area contributed by atoms with Crippen LogP contribution in [0.3, 0.4) is 0 Å².